The van der Waals surface area contributed by atoms with E-state index in [4.69, 9.17) is 4.74 Å². The molecule has 0 radical (unpaired) electrons. The van der Waals surface area contributed by atoms with Gasteiger partial charge in [-0.1, -0.05) is 6.92 Å². The number of nitrogens with one attached hydrogen (secondary N) is 1. The number of likely N-dealkylation sites (N-methyl/N-ethyl adjacent to an activating group) is 1. The number of hydrogen-bond acceptors (Lipinski definition) is 4. The van der Waals surface area contributed by atoms with Crippen LogP contribution in [-0.2, 0) is 9.53 Å². The van der Waals surface area contributed by atoms with Crippen molar-refractivity contribution in [3.8, 4) is 0 Å². The van der Waals surface area contributed by atoms with Gasteiger partial charge < -0.3 is 20.1 Å². The van der Waals surface area contributed by atoms with E-state index in [-0.39, 0.29) is 24.5 Å². The second kappa shape index (κ2) is 5.80. The fourth-order valence-electron chi connectivity index (χ4n) is 2.15. The number of rotatable bonds is 5. The first-order valence-corrected chi connectivity index (χ1v) is 6.08. The van der Waals surface area contributed by atoms with Crippen molar-refractivity contribution in [3.05, 3.63) is 0 Å². The van der Waals surface area contributed by atoms with E-state index in [9.17, 15) is 9.90 Å². The molecule has 0 aromatic carbocycles. The highest BCUT2D eigenvalue weighted by Crippen LogP contribution is 2.20. The summed E-state index contributed by atoms with van der Waals surface area (Å²) in [5, 5.41) is 12.8. The molecule has 17 heavy (non-hydrogen) atoms. The molecular formula is C12H24N2O3. The summed E-state index contributed by atoms with van der Waals surface area (Å²) in [6, 6.07) is 0. The van der Waals surface area contributed by atoms with Crippen LogP contribution in [0.1, 0.15) is 20.3 Å². The van der Waals surface area contributed by atoms with Gasteiger partial charge in [0, 0.05) is 19.7 Å². The molecule has 1 aliphatic heterocycles. The van der Waals surface area contributed by atoms with Gasteiger partial charge in [0.25, 0.3) is 0 Å². The molecule has 1 saturated heterocycles. The average Bonchev–Trinajstić information content (AvgIpc) is 2.59. The van der Waals surface area contributed by atoms with Gasteiger partial charge in [0.15, 0.2) is 0 Å². The second-order valence-corrected chi connectivity index (χ2v) is 5.51. The zero-order valence-corrected chi connectivity index (χ0v) is 11.2. The number of carbonyl (C=O) groups excluding carboxylic acids is 1. The van der Waals surface area contributed by atoms with Crippen LogP contribution < -0.4 is 5.32 Å². The minimum atomic E-state index is -0.916. The Morgan fingerprint density at radius 3 is 2.71 bits per heavy atom. The fourth-order valence-corrected chi connectivity index (χ4v) is 2.15. The Labute approximate surface area is 103 Å². The highest BCUT2D eigenvalue weighted by Gasteiger charge is 2.32. The van der Waals surface area contributed by atoms with Crippen molar-refractivity contribution in [2.45, 2.75) is 32.0 Å². The summed E-state index contributed by atoms with van der Waals surface area (Å²) in [6.45, 7) is 5.12. The molecule has 3 unspecified atom stereocenters. The lowest BCUT2D eigenvalue weighted by molar-refractivity contribution is -0.132. The smallest absolute Gasteiger partial charge is 0.249 e. The highest BCUT2D eigenvalue weighted by molar-refractivity contribution is 5.81. The monoisotopic (exact) mass is 244 g/mol. The molecule has 0 aliphatic carbocycles. The molecule has 1 aliphatic rings. The van der Waals surface area contributed by atoms with E-state index in [2.05, 4.69) is 5.32 Å². The Kier molecular flexibility index (Phi) is 4.91. The summed E-state index contributed by atoms with van der Waals surface area (Å²) in [6.07, 6.45) is 0.566. The van der Waals surface area contributed by atoms with Gasteiger partial charge in [-0.25, -0.2) is 0 Å². The quantitative estimate of drug-likeness (QED) is 0.705. The van der Waals surface area contributed by atoms with E-state index >= 15 is 0 Å². The SMILES string of the molecule is CC1CCOC1C(=O)NCC(C)(O)CN(C)C. The van der Waals surface area contributed by atoms with Gasteiger partial charge in [0.2, 0.25) is 5.91 Å². The lowest BCUT2D eigenvalue weighted by Crippen LogP contribution is -2.49. The zero-order chi connectivity index (χ0) is 13.1. The summed E-state index contributed by atoms with van der Waals surface area (Å²) in [7, 11) is 3.77. The van der Waals surface area contributed by atoms with Crippen molar-refractivity contribution in [2.24, 2.45) is 5.92 Å². The van der Waals surface area contributed by atoms with Crippen LogP contribution in [0.2, 0.25) is 0 Å². The van der Waals surface area contributed by atoms with E-state index in [1.54, 1.807) is 6.92 Å². The number of carbonyl (C=O) groups is 1. The van der Waals surface area contributed by atoms with Crippen LogP contribution in [0.25, 0.3) is 0 Å². The van der Waals surface area contributed by atoms with Crippen LogP contribution in [-0.4, -0.2) is 61.4 Å². The molecule has 0 aromatic heterocycles. The number of aliphatic hydroxyl groups is 1. The van der Waals surface area contributed by atoms with Crippen LogP contribution in [0, 0.1) is 5.92 Å². The lowest BCUT2D eigenvalue weighted by Gasteiger charge is -2.27. The van der Waals surface area contributed by atoms with Crippen LogP contribution in [0.3, 0.4) is 0 Å². The van der Waals surface area contributed by atoms with Crippen LogP contribution >= 0.6 is 0 Å². The molecule has 5 heteroatoms. The maximum atomic E-state index is 11.8. The maximum Gasteiger partial charge on any atom is 0.249 e. The molecule has 0 aromatic rings. The van der Waals surface area contributed by atoms with E-state index in [1.165, 1.54) is 0 Å². The normalized spacial score (nSPS) is 28.1. The van der Waals surface area contributed by atoms with Crippen LogP contribution in [0.5, 0.6) is 0 Å². The third kappa shape index (κ3) is 4.61. The van der Waals surface area contributed by atoms with E-state index in [1.807, 2.05) is 25.9 Å². The Morgan fingerprint density at radius 2 is 2.24 bits per heavy atom. The Bertz CT molecular complexity index is 266. The highest BCUT2D eigenvalue weighted by atomic mass is 16.5. The second-order valence-electron chi connectivity index (χ2n) is 5.51. The summed E-state index contributed by atoms with van der Waals surface area (Å²) in [4.78, 5) is 13.7. The van der Waals surface area contributed by atoms with E-state index in [0.29, 0.717) is 13.2 Å². The number of amides is 1. The number of ether oxygens (including phenoxy) is 1. The average molecular weight is 244 g/mol. The van der Waals surface area contributed by atoms with E-state index < -0.39 is 5.60 Å². The molecule has 0 saturated carbocycles. The third-order valence-electron chi connectivity index (χ3n) is 2.95. The molecule has 2 N–H and O–H groups in total. The van der Waals surface area contributed by atoms with Crippen molar-refractivity contribution in [3.63, 3.8) is 0 Å². The zero-order valence-electron chi connectivity index (χ0n) is 11.2. The standard InChI is InChI=1S/C12H24N2O3/c1-9-5-6-17-10(9)11(15)13-7-12(2,16)8-14(3)4/h9-10,16H,5-8H2,1-4H3,(H,13,15). The number of nitrogens with zero attached hydrogens (tertiary/aromatic N) is 1. The van der Waals surface area contributed by atoms with Gasteiger partial charge in [0.05, 0.1) is 5.60 Å². The fraction of sp³-hybridized carbons (Fsp3) is 0.917. The first kappa shape index (κ1) is 14.4. The minimum absolute atomic E-state index is 0.117. The first-order chi connectivity index (χ1) is 7.82. The predicted octanol–water partition coefficient (Wildman–Crippen LogP) is -0.160. The van der Waals surface area contributed by atoms with Gasteiger partial charge >= 0.3 is 0 Å². The molecule has 100 valence electrons. The summed E-state index contributed by atoms with van der Waals surface area (Å²) < 4.78 is 5.37. The van der Waals surface area contributed by atoms with E-state index in [0.717, 1.165) is 6.42 Å². The molecule has 5 nitrogen and oxygen atoms in total. The molecule has 0 bridgehead atoms. The number of hydrogen-bond donors (Lipinski definition) is 2. The van der Waals surface area contributed by atoms with Crippen LogP contribution in [0.15, 0.2) is 0 Å². The van der Waals surface area contributed by atoms with Crippen molar-refractivity contribution in [1.82, 2.24) is 10.2 Å². The van der Waals surface area contributed by atoms with Gasteiger partial charge in [-0.2, -0.15) is 0 Å². The van der Waals surface area contributed by atoms with Crippen molar-refractivity contribution >= 4 is 5.91 Å². The van der Waals surface area contributed by atoms with Crippen LogP contribution in [0.4, 0.5) is 0 Å². The lowest BCUT2D eigenvalue weighted by atomic mass is 10.0. The molecule has 1 fully saturated rings. The predicted molar refractivity (Wildman–Crippen MR) is 65.7 cm³/mol. The summed E-state index contributed by atoms with van der Waals surface area (Å²) in [5.41, 5.74) is -0.916. The Hall–Kier alpha value is -0.650. The topological polar surface area (TPSA) is 61.8 Å². The van der Waals surface area contributed by atoms with Crippen molar-refractivity contribution < 1.29 is 14.6 Å². The van der Waals surface area contributed by atoms with Gasteiger partial charge in [-0.15, -0.1) is 0 Å². The third-order valence-corrected chi connectivity index (χ3v) is 2.95. The molecule has 1 heterocycles. The van der Waals surface area contributed by atoms with Crippen molar-refractivity contribution in [1.29, 1.82) is 0 Å². The molecule has 1 amide bonds. The Balaban J connectivity index is 2.37. The first-order valence-electron chi connectivity index (χ1n) is 6.08. The summed E-state index contributed by atoms with van der Waals surface area (Å²) >= 11 is 0. The van der Waals surface area contributed by atoms with Gasteiger partial charge in [0.1, 0.15) is 6.10 Å². The molecule has 3 atom stereocenters. The van der Waals surface area contributed by atoms with Gasteiger partial charge in [-0.3, -0.25) is 4.79 Å². The summed E-state index contributed by atoms with van der Waals surface area (Å²) in [5.74, 6) is 0.142. The largest absolute Gasteiger partial charge is 0.387 e. The maximum absolute atomic E-state index is 11.8. The molecule has 1 rings (SSSR count). The minimum Gasteiger partial charge on any atom is -0.387 e. The van der Waals surface area contributed by atoms with Gasteiger partial charge in [-0.05, 0) is 33.4 Å². The van der Waals surface area contributed by atoms with Crippen molar-refractivity contribution in [2.75, 3.05) is 33.8 Å². The molecule has 0 spiro atoms. The molecular weight excluding hydrogens is 220 g/mol. The Morgan fingerprint density at radius 1 is 1.59 bits per heavy atom.